The van der Waals surface area contributed by atoms with Crippen molar-refractivity contribution >= 4 is 22.5 Å². The summed E-state index contributed by atoms with van der Waals surface area (Å²) in [4.78, 5) is 26.3. The third-order valence-corrected chi connectivity index (χ3v) is 4.33. The van der Waals surface area contributed by atoms with Crippen molar-refractivity contribution in [3.05, 3.63) is 71.4 Å². The second-order valence-electron chi connectivity index (χ2n) is 5.63. The molecule has 0 fully saturated rings. The maximum absolute atomic E-state index is 12.8. The first kappa shape index (κ1) is 13.6. The SMILES string of the molecule is O=C1c2ccccc2C(=[OH+])C1([OH2+])c1cc2[nH+]cccc2cc1[OH2+]. The minimum absolute atomic E-state index is 0.0554. The minimum atomic E-state index is -1.97. The summed E-state index contributed by atoms with van der Waals surface area (Å²) in [6.45, 7) is 0. The number of aromatic nitrogens is 1. The Labute approximate surface area is 130 Å². The summed E-state index contributed by atoms with van der Waals surface area (Å²) in [5.41, 5.74) is -0.410. The number of H-pyrrole nitrogens is 1. The first-order chi connectivity index (χ1) is 11.0. The largest absolute Gasteiger partial charge is 0.593 e. The Morgan fingerprint density at radius 1 is 1.04 bits per heavy atom. The van der Waals surface area contributed by atoms with E-state index in [1.165, 1.54) is 0 Å². The van der Waals surface area contributed by atoms with Gasteiger partial charge in [0.2, 0.25) is 5.52 Å². The zero-order valence-electron chi connectivity index (χ0n) is 12.1. The van der Waals surface area contributed by atoms with Crippen LogP contribution in [-0.2, 0) is 5.60 Å². The molecule has 1 aliphatic carbocycles. The number of pyridine rings is 1. The van der Waals surface area contributed by atoms with Gasteiger partial charge in [-0.1, -0.05) is 18.2 Å². The van der Waals surface area contributed by atoms with Crippen LogP contribution in [0.4, 0.5) is 0 Å². The molecule has 0 aliphatic heterocycles. The summed E-state index contributed by atoms with van der Waals surface area (Å²) < 4.78 is 0. The van der Waals surface area contributed by atoms with Crippen LogP contribution in [0.15, 0.2) is 54.7 Å². The highest BCUT2D eigenvalue weighted by Gasteiger charge is 2.65. The standard InChI is InChI=1S/C18H11NO4/c20-15-8-10-4-3-7-19-14(10)9-13(15)18(23)16(21)11-5-1-2-6-12(11)17(18)22/h1-9,20,23H/p+4. The Bertz CT molecular complexity index is 958. The molecule has 23 heavy (non-hydrogen) atoms. The van der Waals surface area contributed by atoms with Crippen molar-refractivity contribution in [3.63, 3.8) is 0 Å². The van der Waals surface area contributed by atoms with E-state index in [-0.39, 0.29) is 17.1 Å². The molecule has 0 saturated heterocycles. The molecule has 2 aromatic carbocycles. The monoisotopic (exact) mass is 309 g/mol. The van der Waals surface area contributed by atoms with Gasteiger partial charge in [-0.05, 0) is 12.1 Å². The average molecular weight is 309 g/mol. The zero-order valence-corrected chi connectivity index (χ0v) is 12.1. The quantitative estimate of drug-likeness (QED) is 0.482. The van der Waals surface area contributed by atoms with Gasteiger partial charge in [0.25, 0.3) is 11.5 Å². The molecule has 0 bridgehead atoms. The van der Waals surface area contributed by atoms with Gasteiger partial charge in [-0.25, -0.2) is 4.98 Å². The highest BCUT2D eigenvalue weighted by atomic mass is 16.3. The number of hydrogen-bond acceptors (Lipinski definition) is 1. The van der Waals surface area contributed by atoms with E-state index >= 15 is 0 Å². The number of carbonyl (C=O) groups excluding carboxylic acids is 2. The summed E-state index contributed by atoms with van der Waals surface area (Å²) >= 11 is 0. The Kier molecular flexibility index (Phi) is 2.64. The van der Waals surface area contributed by atoms with Crippen LogP contribution in [-0.4, -0.2) is 26.6 Å². The van der Waals surface area contributed by atoms with Crippen LogP contribution < -0.4 is 4.98 Å². The summed E-state index contributed by atoms with van der Waals surface area (Å²) in [6, 6.07) is 13.5. The van der Waals surface area contributed by atoms with Crippen molar-refractivity contribution in [2.75, 3.05) is 0 Å². The smallest absolute Gasteiger partial charge is 0.419 e. The number of rotatable bonds is 1. The molecule has 0 spiro atoms. The summed E-state index contributed by atoms with van der Waals surface area (Å²) in [5, 5.41) is 17.7. The number of Topliss-reactive ketones (excluding diaryl/α,β-unsaturated/α-hetero) is 1. The molecule has 3 aromatic rings. The number of carbonyl (C=O) groups is 1. The van der Waals surface area contributed by atoms with Crippen LogP contribution >= 0.6 is 0 Å². The van der Waals surface area contributed by atoms with E-state index in [9.17, 15) is 9.59 Å². The van der Waals surface area contributed by atoms with Crippen LogP contribution in [0.5, 0.6) is 5.75 Å². The van der Waals surface area contributed by atoms with Crippen LogP contribution in [0.25, 0.3) is 10.9 Å². The Balaban J connectivity index is 1.99. The molecule has 0 saturated carbocycles. The van der Waals surface area contributed by atoms with Gasteiger partial charge in [0.1, 0.15) is 0 Å². The molecular weight excluding hydrogens is 294 g/mol. The summed E-state index contributed by atoms with van der Waals surface area (Å²) in [6.07, 6.45) is 1.74. The molecule has 1 atom stereocenters. The number of nitrogens with one attached hydrogen (secondary N) is 1. The lowest BCUT2D eigenvalue weighted by Crippen LogP contribution is -2.38. The molecule has 5 heteroatoms. The molecule has 4 rings (SSSR count). The predicted octanol–water partition coefficient (Wildman–Crippen LogP) is 0.801. The van der Waals surface area contributed by atoms with Crippen LogP contribution in [0.2, 0.25) is 0 Å². The molecule has 0 radical (unpaired) electrons. The van der Waals surface area contributed by atoms with Crippen molar-refractivity contribution in [2.45, 2.75) is 5.60 Å². The van der Waals surface area contributed by atoms with Crippen molar-refractivity contribution in [2.24, 2.45) is 0 Å². The topological polar surface area (TPSA) is 98.4 Å². The highest BCUT2D eigenvalue weighted by molar-refractivity contribution is 6.32. The average Bonchev–Trinajstić information content (AvgIpc) is 2.77. The third kappa shape index (κ3) is 1.68. The molecule has 1 unspecified atom stereocenters. The van der Waals surface area contributed by atoms with Crippen LogP contribution in [0.1, 0.15) is 21.5 Å². The van der Waals surface area contributed by atoms with E-state index in [1.807, 2.05) is 12.1 Å². The number of ketones is 2. The first-order valence-electron chi connectivity index (χ1n) is 7.15. The molecule has 1 aliphatic rings. The molecule has 6 N–H and O–H groups in total. The minimum Gasteiger partial charge on any atom is -0.593 e. The maximum Gasteiger partial charge on any atom is 0.419 e. The fourth-order valence-electron chi connectivity index (χ4n) is 3.13. The number of benzene rings is 2. The maximum atomic E-state index is 12.8. The van der Waals surface area contributed by atoms with Gasteiger partial charge in [0.05, 0.1) is 10.9 Å². The lowest BCUT2D eigenvalue weighted by atomic mass is 9.87. The van der Waals surface area contributed by atoms with E-state index in [1.54, 1.807) is 42.6 Å². The Morgan fingerprint density at radius 3 is 2.52 bits per heavy atom. The summed E-state index contributed by atoms with van der Waals surface area (Å²) in [5.74, 6) is -0.768. The second-order valence-corrected chi connectivity index (χ2v) is 5.63. The van der Waals surface area contributed by atoms with Crippen molar-refractivity contribution in [1.82, 2.24) is 0 Å². The Morgan fingerprint density at radius 2 is 1.78 bits per heavy atom. The predicted molar refractivity (Wildman–Crippen MR) is 85.7 cm³/mol. The first-order valence-corrected chi connectivity index (χ1v) is 7.15. The fourth-order valence-corrected chi connectivity index (χ4v) is 3.13. The molecule has 1 heterocycles. The number of hydrogen-bond donors (Lipinski definition) is 0. The van der Waals surface area contributed by atoms with Gasteiger partial charge in [-0.15, -0.1) is 0 Å². The highest BCUT2D eigenvalue weighted by Crippen LogP contribution is 2.41. The van der Waals surface area contributed by atoms with Crippen molar-refractivity contribution in [3.8, 4) is 5.75 Å². The number of aromatic amines is 1. The summed E-state index contributed by atoms with van der Waals surface area (Å²) in [7, 11) is 0. The Hall–Kier alpha value is -3.05. The van der Waals surface area contributed by atoms with Crippen LogP contribution in [0, 0.1) is 0 Å². The van der Waals surface area contributed by atoms with Crippen LogP contribution in [0.3, 0.4) is 0 Å². The van der Waals surface area contributed by atoms with Gasteiger partial charge in [-0.3, -0.25) is 9.59 Å². The van der Waals surface area contributed by atoms with E-state index in [0.717, 1.165) is 5.39 Å². The number of fused-ring (bicyclic) bond motifs is 2. The second kappa shape index (κ2) is 4.47. The van der Waals surface area contributed by atoms with E-state index in [0.29, 0.717) is 16.6 Å². The van der Waals surface area contributed by atoms with Gasteiger partial charge in [-0.2, -0.15) is 0 Å². The lowest BCUT2D eigenvalue weighted by Gasteiger charge is -2.11. The van der Waals surface area contributed by atoms with Gasteiger partial charge >= 0.3 is 11.4 Å². The van der Waals surface area contributed by atoms with E-state index < -0.39 is 11.4 Å². The molecule has 112 valence electrons. The zero-order chi connectivity index (χ0) is 16.2. The molecule has 5 nitrogen and oxygen atoms in total. The molecule has 1 aromatic heterocycles. The van der Waals surface area contributed by atoms with Crippen molar-refractivity contribution in [1.29, 1.82) is 0 Å². The van der Waals surface area contributed by atoms with Gasteiger partial charge in [0.15, 0.2) is 11.8 Å². The lowest BCUT2D eigenvalue weighted by molar-refractivity contribution is -0.344. The van der Waals surface area contributed by atoms with E-state index in [4.69, 9.17) is 10.2 Å². The normalized spacial score (nSPS) is 20.0. The van der Waals surface area contributed by atoms with Crippen molar-refractivity contribution < 1.29 is 24.8 Å². The molecular formula is C18H15NO4+4. The molecule has 0 amide bonds. The van der Waals surface area contributed by atoms with Gasteiger partial charge in [0, 0.05) is 23.8 Å². The fraction of sp³-hybridized carbons (Fsp3) is 0.0556. The van der Waals surface area contributed by atoms with E-state index in [2.05, 4.69) is 4.98 Å². The van der Waals surface area contributed by atoms with Gasteiger partial charge < -0.3 is 10.2 Å². The third-order valence-electron chi connectivity index (χ3n) is 4.33.